The highest BCUT2D eigenvalue weighted by Crippen LogP contribution is 2.33. The average Bonchev–Trinajstić information content (AvgIpc) is 2.82. The lowest BCUT2D eigenvalue weighted by Gasteiger charge is -2.18. The standard InChI is InChI=1S/C10H19NO2/c1-4-13-10(12)9(8-5-6-8)11-7(2)3/h7-9,11H,4-6H2,1-3H3. The van der Waals surface area contributed by atoms with Crippen LogP contribution in [-0.4, -0.2) is 24.7 Å². The molecule has 3 heteroatoms. The zero-order valence-corrected chi connectivity index (χ0v) is 8.67. The van der Waals surface area contributed by atoms with Gasteiger partial charge in [-0.2, -0.15) is 0 Å². The minimum atomic E-state index is -0.0845. The summed E-state index contributed by atoms with van der Waals surface area (Å²) >= 11 is 0. The van der Waals surface area contributed by atoms with Crippen LogP contribution >= 0.6 is 0 Å². The molecule has 13 heavy (non-hydrogen) atoms. The van der Waals surface area contributed by atoms with Gasteiger partial charge in [-0.25, -0.2) is 0 Å². The quantitative estimate of drug-likeness (QED) is 0.657. The summed E-state index contributed by atoms with van der Waals surface area (Å²) in [7, 11) is 0. The van der Waals surface area contributed by atoms with Gasteiger partial charge in [0.1, 0.15) is 6.04 Å². The number of nitrogens with one attached hydrogen (secondary N) is 1. The molecule has 0 spiro atoms. The molecule has 0 heterocycles. The summed E-state index contributed by atoms with van der Waals surface area (Å²) in [4.78, 5) is 11.5. The van der Waals surface area contributed by atoms with Crippen molar-refractivity contribution in [2.24, 2.45) is 5.92 Å². The smallest absolute Gasteiger partial charge is 0.323 e. The highest BCUT2D eigenvalue weighted by molar-refractivity contribution is 5.76. The highest BCUT2D eigenvalue weighted by atomic mass is 16.5. The van der Waals surface area contributed by atoms with Gasteiger partial charge in [0, 0.05) is 6.04 Å². The summed E-state index contributed by atoms with van der Waals surface area (Å²) in [6.45, 7) is 6.42. The lowest BCUT2D eigenvalue weighted by atomic mass is 10.1. The fourth-order valence-corrected chi connectivity index (χ4v) is 1.42. The summed E-state index contributed by atoms with van der Waals surface area (Å²) in [6, 6.07) is 0.273. The second-order valence-electron chi connectivity index (χ2n) is 3.89. The number of hydrogen-bond donors (Lipinski definition) is 1. The van der Waals surface area contributed by atoms with Gasteiger partial charge in [0.2, 0.25) is 0 Å². The van der Waals surface area contributed by atoms with Crippen LogP contribution in [0.1, 0.15) is 33.6 Å². The van der Waals surface area contributed by atoms with Gasteiger partial charge >= 0.3 is 5.97 Å². The number of hydrogen-bond acceptors (Lipinski definition) is 3. The van der Waals surface area contributed by atoms with Crippen LogP contribution in [0.4, 0.5) is 0 Å². The summed E-state index contributed by atoms with van der Waals surface area (Å²) in [5.74, 6) is 0.431. The predicted octanol–water partition coefficient (Wildman–Crippen LogP) is 1.33. The molecule has 1 rings (SSSR count). The molecule has 1 aliphatic rings. The van der Waals surface area contributed by atoms with Crippen molar-refractivity contribution in [1.82, 2.24) is 5.32 Å². The molecule has 0 bridgehead atoms. The van der Waals surface area contributed by atoms with Crippen molar-refractivity contribution in [3.05, 3.63) is 0 Å². The first-order valence-corrected chi connectivity index (χ1v) is 5.07. The Morgan fingerprint density at radius 1 is 1.54 bits per heavy atom. The molecule has 0 saturated heterocycles. The van der Waals surface area contributed by atoms with E-state index in [2.05, 4.69) is 19.2 Å². The Morgan fingerprint density at radius 2 is 2.15 bits per heavy atom. The summed E-state index contributed by atoms with van der Waals surface area (Å²) in [6.07, 6.45) is 2.31. The second kappa shape index (κ2) is 4.61. The van der Waals surface area contributed by atoms with Crippen molar-refractivity contribution in [2.45, 2.75) is 45.7 Å². The van der Waals surface area contributed by atoms with E-state index in [0.29, 0.717) is 18.6 Å². The Balaban J connectivity index is 2.41. The molecule has 0 aliphatic heterocycles. The fraction of sp³-hybridized carbons (Fsp3) is 0.900. The minimum Gasteiger partial charge on any atom is -0.465 e. The fourth-order valence-electron chi connectivity index (χ4n) is 1.42. The normalized spacial score (nSPS) is 18.8. The molecule has 0 amide bonds. The molecule has 76 valence electrons. The molecular formula is C10H19NO2. The Labute approximate surface area is 79.8 Å². The largest absolute Gasteiger partial charge is 0.465 e. The van der Waals surface area contributed by atoms with Gasteiger partial charge in [-0.05, 0) is 25.7 Å². The van der Waals surface area contributed by atoms with Crippen LogP contribution < -0.4 is 5.32 Å². The van der Waals surface area contributed by atoms with E-state index in [-0.39, 0.29) is 12.0 Å². The van der Waals surface area contributed by atoms with Crippen LogP contribution in [0.3, 0.4) is 0 Å². The topological polar surface area (TPSA) is 38.3 Å². The molecule has 1 aliphatic carbocycles. The lowest BCUT2D eigenvalue weighted by Crippen LogP contribution is -2.43. The minimum absolute atomic E-state index is 0.0695. The van der Waals surface area contributed by atoms with Gasteiger partial charge in [-0.3, -0.25) is 4.79 Å². The third-order valence-corrected chi connectivity index (χ3v) is 2.15. The van der Waals surface area contributed by atoms with Crippen LogP contribution in [-0.2, 0) is 9.53 Å². The summed E-state index contributed by atoms with van der Waals surface area (Å²) in [5, 5.41) is 3.25. The number of esters is 1. The van der Waals surface area contributed by atoms with Crippen LogP contribution in [0.25, 0.3) is 0 Å². The lowest BCUT2D eigenvalue weighted by molar-refractivity contribution is -0.146. The average molecular weight is 185 g/mol. The van der Waals surface area contributed by atoms with Crippen LogP contribution in [0.15, 0.2) is 0 Å². The first kappa shape index (κ1) is 10.5. The summed E-state index contributed by atoms with van der Waals surface area (Å²) in [5.41, 5.74) is 0. The third kappa shape index (κ3) is 3.35. The maximum Gasteiger partial charge on any atom is 0.323 e. The van der Waals surface area contributed by atoms with Crippen molar-refractivity contribution in [3.63, 3.8) is 0 Å². The maximum atomic E-state index is 11.5. The monoisotopic (exact) mass is 185 g/mol. The number of carbonyl (C=O) groups is 1. The molecule has 1 unspecified atom stereocenters. The Morgan fingerprint density at radius 3 is 2.54 bits per heavy atom. The zero-order valence-electron chi connectivity index (χ0n) is 8.67. The third-order valence-electron chi connectivity index (χ3n) is 2.15. The van der Waals surface area contributed by atoms with E-state index in [9.17, 15) is 4.79 Å². The van der Waals surface area contributed by atoms with E-state index in [0.717, 1.165) is 12.8 Å². The van der Waals surface area contributed by atoms with Crippen molar-refractivity contribution < 1.29 is 9.53 Å². The van der Waals surface area contributed by atoms with Gasteiger partial charge in [0.25, 0.3) is 0 Å². The van der Waals surface area contributed by atoms with Gasteiger partial charge < -0.3 is 10.1 Å². The van der Waals surface area contributed by atoms with Crippen molar-refractivity contribution in [3.8, 4) is 0 Å². The van der Waals surface area contributed by atoms with Crippen molar-refractivity contribution >= 4 is 5.97 Å². The van der Waals surface area contributed by atoms with Gasteiger partial charge in [-0.1, -0.05) is 13.8 Å². The molecular weight excluding hydrogens is 166 g/mol. The Hall–Kier alpha value is -0.570. The SMILES string of the molecule is CCOC(=O)C(NC(C)C)C1CC1. The van der Waals surface area contributed by atoms with E-state index in [1.165, 1.54) is 0 Å². The molecule has 1 fully saturated rings. The van der Waals surface area contributed by atoms with Crippen molar-refractivity contribution in [1.29, 1.82) is 0 Å². The van der Waals surface area contributed by atoms with E-state index in [1.807, 2.05) is 6.92 Å². The van der Waals surface area contributed by atoms with Crippen molar-refractivity contribution in [2.75, 3.05) is 6.61 Å². The molecule has 3 nitrogen and oxygen atoms in total. The summed E-state index contributed by atoms with van der Waals surface area (Å²) < 4.78 is 5.00. The first-order valence-electron chi connectivity index (χ1n) is 5.07. The van der Waals surface area contributed by atoms with Crippen LogP contribution in [0, 0.1) is 5.92 Å². The number of ether oxygens (including phenoxy) is 1. The first-order chi connectivity index (χ1) is 6.15. The molecule has 1 N–H and O–H groups in total. The van der Waals surface area contributed by atoms with E-state index in [1.54, 1.807) is 0 Å². The van der Waals surface area contributed by atoms with Gasteiger partial charge in [0.05, 0.1) is 6.61 Å². The van der Waals surface area contributed by atoms with Crippen LogP contribution in [0.2, 0.25) is 0 Å². The number of carbonyl (C=O) groups excluding carboxylic acids is 1. The zero-order chi connectivity index (χ0) is 9.84. The van der Waals surface area contributed by atoms with E-state index in [4.69, 9.17) is 4.74 Å². The maximum absolute atomic E-state index is 11.5. The Bertz CT molecular complexity index is 176. The second-order valence-corrected chi connectivity index (χ2v) is 3.89. The highest BCUT2D eigenvalue weighted by Gasteiger charge is 2.37. The molecule has 0 radical (unpaired) electrons. The van der Waals surface area contributed by atoms with Gasteiger partial charge in [-0.15, -0.1) is 0 Å². The predicted molar refractivity (Wildman–Crippen MR) is 51.4 cm³/mol. The molecule has 0 aromatic rings. The van der Waals surface area contributed by atoms with E-state index < -0.39 is 0 Å². The molecule has 1 saturated carbocycles. The molecule has 0 aromatic heterocycles. The molecule has 1 atom stereocenters. The Kier molecular flexibility index (Phi) is 3.72. The number of rotatable bonds is 5. The van der Waals surface area contributed by atoms with E-state index >= 15 is 0 Å². The van der Waals surface area contributed by atoms with Crippen LogP contribution in [0.5, 0.6) is 0 Å². The van der Waals surface area contributed by atoms with Gasteiger partial charge in [0.15, 0.2) is 0 Å². The molecule has 0 aromatic carbocycles.